The average Bonchev–Trinajstić information content (AvgIpc) is 3.38. The Balaban J connectivity index is 1.61. The van der Waals surface area contributed by atoms with Gasteiger partial charge in [-0.25, -0.2) is 4.39 Å². The highest BCUT2D eigenvalue weighted by atomic mass is 32.1. The second kappa shape index (κ2) is 9.07. The molecule has 2 N–H and O–H groups in total. The Morgan fingerprint density at radius 2 is 2.00 bits per heavy atom. The summed E-state index contributed by atoms with van der Waals surface area (Å²) in [7, 11) is 0. The quantitative estimate of drug-likeness (QED) is 0.656. The molecule has 1 unspecified atom stereocenters. The lowest BCUT2D eigenvalue weighted by molar-refractivity contribution is -0.908. The summed E-state index contributed by atoms with van der Waals surface area (Å²) in [5.41, 5.74) is 0.166. The Hall–Kier alpha value is -2.55. The molecule has 1 aromatic carbocycles. The van der Waals surface area contributed by atoms with E-state index >= 15 is 0 Å². The highest BCUT2D eigenvalue weighted by molar-refractivity contribution is 7.12. The van der Waals surface area contributed by atoms with Gasteiger partial charge in [-0.2, -0.15) is 0 Å². The molecule has 3 heterocycles. The lowest BCUT2D eigenvalue weighted by atomic mass is 9.95. The first-order valence-electron chi connectivity index (χ1n) is 10.1. The molecule has 8 heteroatoms. The summed E-state index contributed by atoms with van der Waals surface area (Å²) in [6.07, 6.45) is 0.680. The molecule has 1 saturated heterocycles. The molecule has 2 aromatic rings. The van der Waals surface area contributed by atoms with Gasteiger partial charge in [-0.15, -0.1) is 11.3 Å². The molecule has 2 aliphatic rings. The number of hydrogen-bond donors (Lipinski definition) is 2. The summed E-state index contributed by atoms with van der Waals surface area (Å²) >= 11 is 1.23. The first-order chi connectivity index (χ1) is 14.6. The monoisotopic (exact) mass is 431 g/mol. The van der Waals surface area contributed by atoms with Gasteiger partial charge in [-0.3, -0.25) is 9.59 Å². The van der Waals surface area contributed by atoms with Crippen LogP contribution in [0.1, 0.15) is 27.7 Å². The van der Waals surface area contributed by atoms with E-state index in [-0.39, 0.29) is 11.1 Å². The van der Waals surface area contributed by atoms with E-state index in [9.17, 15) is 19.1 Å². The zero-order chi connectivity index (χ0) is 21.1. The van der Waals surface area contributed by atoms with Crippen LogP contribution in [0.15, 0.2) is 53.1 Å². The van der Waals surface area contributed by atoms with Crippen LogP contribution in [0.5, 0.6) is 0 Å². The Bertz CT molecular complexity index is 954. The van der Waals surface area contributed by atoms with Crippen molar-refractivity contribution in [1.29, 1.82) is 0 Å². The molecular formula is C22H24FN2O4S+. The number of carbonyl (C=O) groups excluding carboxylic acids is 2. The number of ketones is 1. The van der Waals surface area contributed by atoms with E-state index < -0.39 is 29.3 Å². The fraction of sp³-hybridized carbons (Fsp3) is 0.364. The van der Waals surface area contributed by atoms with Crippen LogP contribution >= 0.6 is 11.3 Å². The molecule has 4 rings (SSSR count). The minimum absolute atomic E-state index is 0.0498. The fourth-order valence-corrected chi connectivity index (χ4v) is 4.76. The minimum atomic E-state index is -0.937. The second-order valence-electron chi connectivity index (χ2n) is 7.46. The highest BCUT2D eigenvalue weighted by Gasteiger charge is 2.44. The Morgan fingerprint density at radius 1 is 1.23 bits per heavy atom. The number of hydrogen-bond acceptors (Lipinski definition) is 5. The Morgan fingerprint density at radius 3 is 2.70 bits per heavy atom. The molecule has 158 valence electrons. The Labute approximate surface area is 178 Å². The van der Waals surface area contributed by atoms with Gasteiger partial charge in [0, 0.05) is 18.5 Å². The minimum Gasteiger partial charge on any atom is -0.503 e. The van der Waals surface area contributed by atoms with Gasteiger partial charge in [0.15, 0.2) is 5.76 Å². The van der Waals surface area contributed by atoms with Crippen molar-refractivity contribution in [2.75, 3.05) is 39.4 Å². The van der Waals surface area contributed by atoms with Crippen molar-refractivity contribution < 1.29 is 28.7 Å². The number of quaternary nitrogens is 1. The van der Waals surface area contributed by atoms with Gasteiger partial charge in [-0.1, -0.05) is 24.3 Å². The number of thiophene rings is 1. The molecule has 0 bridgehead atoms. The molecule has 1 amide bonds. The number of ether oxygens (including phenoxy) is 1. The van der Waals surface area contributed by atoms with E-state index in [2.05, 4.69) is 0 Å². The smallest absolute Gasteiger partial charge is 0.290 e. The first-order valence-corrected chi connectivity index (χ1v) is 10.9. The number of nitrogens with zero attached hydrogens (tertiary/aromatic N) is 1. The fourth-order valence-electron chi connectivity index (χ4n) is 4.09. The molecule has 0 saturated carbocycles. The van der Waals surface area contributed by atoms with Crippen LogP contribution < -0.4 is 4.90 Å². The number of nitrogens with one attached hydrogen (secondary N) is 1. The lowest BCUT2D eigenvalue weighted by Gasteiger charge is -2.28. The molecule has 1 aromatic heterocycles. The molecule has 30 heavy (non-hydrogen) atoms. The van der Waals surface area contributed by atoms with Crippen LogP contribution in [0.4, 0.5) is 4.39 Å². The van der Waals surface area contributed by atoms with E-state index in [0.29, 0.717) is 17.8 Å². The Kier molecular flexibility index (Phi) is 6.26. The molecule has 0 radical (unpaired) electrons. The predicted molar refractivity (Wildman–Crippen MR) is 110 cm³/mol. The summed E-state index contributed by atoms with van der Waals surface area (Å²) in [6.45, 7) is 4.43. The van der Waals surface area contributed by atoms with Crippen LogP contribution in [0.2, 0.25) is 0 Å². The SMILES string of the molecule is O=C(C1=C(O)C(=O)N(CCC[NH+]2CCOCC2)C1c1ccccc1F)c1cccs1. The van der Waals surface area contributed by atoms with E-state index in [1.54, 1.807) is 35.7 Å². The summed E-state index contributed by atoms with van der Waals surface area (Å²) < 4.78 is 20.1. The number of Topliss-reactive ketones (excluding diaryl/α,β-unsaturated/α-hetero) is 1. The van der Waals surface area contributed by atoms with E-state index in [4.69, 9.17) is 4.74 Å². The molecular weight excluding hydrogens is 407 g/mol. The molecule has 0 spiro atoms. The maximum atomic E-state index is 14.7. The summed E-state index contributed by atoms with van der Waals surface area (Å²) in [4.78, 5) is 29.2. The lowest BCUT2D eigenvalue weighted by Crippen LogP contribution is -3.14. The van der Waals surface area contributed by atoms with Crippen LogP contribution in [0.25, 0.3) is 0 Å². The largest absolute Gasteiger partial charge is 0.503 e. The predicted octanol–water partition coefficient (Wildman–Crippen LogP) is 1.77. The zero-order valence-corrected chi connectivity index (χ0v) is 17.3. The molecule has 1 atom stereocenters. The van der Waals surface area contributed by atoms with Crippen LogP contribution in [0, 0.1) is 5.82 Å². The molecule has 6 nitrogen and oxygen atoms in total. The van der Waals surface area contributed by atoms with Crippen LogP contribution in [-0.2, 0) is 9.53 Å². The normalized spacial score (nSPS) is 20.2. The van der Waals surface area contributed by atoms with Gasteiger partial charge in [0.05, 0.1) is 36.3 Å². The number of halogens is 1. The van der Waals surface area contributed by atoms with Crippen LogP contribution in [0.3, 0.4) is 0 Å². The molecule has 0 aliphatic carbocycles. The third kappa shape index (κ3) is 4.03. The third-order valence-electron chi connectivity index (χ3n) is 5.62. The van der Waals surface area contributed by atoms with Gasteiger partial charge in [0.25, 0.3) is 5.91 Å². The van der Waals surface area contributed by atoms with Gasteiger partial charge in [0.1, 0.15) is 18.9 Å². The summed E-state index contributed by atoms with van der Waals surface area (Å²) in [5, 5.41) is 12.3. The van der Waals surface area contributed by atoms with Crippen molar-refractivity contribution >= 4 is 23.0 Å². The molecule has 1 fully saturated rings. The topological polar surface area (TPSA) is 71.3 Å². The van der Waals surface area contributed by atoms with Gasteiger partial charge >= 0.3 is 0 Å². The zero-order valence-electron chi connectivity index (χ0n) is 16.5. The van der Waals surface area contributed by atoms with Crippen molar-refractivity contribution in [3.63, 3.8) is 0 Å². The number of rotatable bonds is 7. The number of aliphatic hydroxyl groups excluding tert-OH is 1. The van der Waals surface area contributed by atoms with Gasteiger partial charge in [-0.05, 0) is 17.5 Å². The number of morpholine rings is 1. The average molecular weight is 432 g/mol. The summed E-state index contributed by atoms with van der Waals surface area (Å²) in [5.74, 6) is -2.16. The second-order valence-corrected chi connectivity index (χ2v) is 8.40. The van der Waals surface area contributed by atoms with Crippen molar-refractivity contribution in [3.05, 3.63) is 69.4 Å². The highest BCUT2D eigenvalue weighted by Crippen LogP contribution is 2.40. The number of amides is 1. The van der Waals surface area contributed by atoms with E-state index in [1.165, 1.54) is 27.2 Å². The number of carbonyl (C=O) groups is 2. The molecule has 2 aliphatic heterocycles. The van der Waals surface area contributed by atoms with Crippen molar-refractivity contribution in [3.8, 4) is 0 Å². The number of benzene rings is 1. The van der Waals surface area contributed by atoms with E-state index in [1.807, 2.05) is 0 Å². The van der Waals surface area contributed by atoms with Crippen LogP contribution in [-0.4, -0.2) is 61.1 Å². The van der Waals surface area contributed by atoms with Crippen molar-refractivity contribution in [2.24, 2.45) is 0 Å². The summed E-state index contributed by atoms with van der Waals surface area (Å²) in [6, 6.07) is 8.53. The van der Waals surface area contributed by atoms with E-state index in [0.717, 1.165) is 32.8 Å². The third-order valence-corrected chi connectivity index (χ3v) is 6.49. The number of aliphatic hydroxyl groups is 1. The van der Waals surface area contributed by atoms with Gasteiger partial charge in [0.2, 0.25) is 5.78 Å². The van der Waals surface area contributed by atoms with Gasteiger partial charge < -0.3 is 19.6 Å². The van der Waals surface area contributed by atoms with Crippen molar-refractivity contribution in [2.45, 2.75) is 12.5 Å². The first kappa shape index (κ1) is 20.7. The standard InChI is InChI=1S/C22H23FN2O4S/c23-16-6-2-1-5-15(16)19-18(20(26)17-7-3-14-30-17)21(27)22(28)25(19)9-4-8-24-10-12-29-13-11-24/h1-3,5-7,14,19,27H,4,8-13H2/p+1. The maximum Gasteiger partial charge on any atom is 0.290 e. The van der Waals surface area contributed by atoms with Crippen molar-refractivity contribution in [1.82, 2.24) is 4.90 Å². The maximum absolute atomic E-state index is 14.7.